The van der Waals surface area contributed by atoms with E-state index in [1.54, 1.807) is 18.9 Å². The second kappa shape index (κ2) is 4.94. The largest absolute Gasteiger partial charge is 0.388 e. The molecular formula is C11H21NO3. The summed E-state index contributed by atoms with van der Waals surface area (Å²) in [7, 11) is 1.65. The SMILES string of the molecule is COC(C)CCC(=O)N1CCC(C)(O)C1. The van der Waals surface area contributed by atoms with Gasteiger partial charge in [-0.15, -0.1) is 0 Å². The number of rotatable bonds is 4. The van der Waals surface area contributed by atoms with Crippen molar-refractivity contribution in [2.75, 3.05) is 20.2 Å². The molecule has 2 unspecified atom stereocenters. The molecule has 1 aliphatic heterocycles. The van der Waals surface area contributed by atoms with Crippen LogP contribution in [-0.2, 0) is 9.53 Å². The zero-order valence-electron chi connectivity index (χ0n) is 9.82. The highest BCUT2D eigenvalue weighted by atomic mass is 16.5. The summed E-state index contributed by atoms with van der Waals surface area (Å²) in [4.78, 5) is 13.5. The molecule has 1 heterocycles. The summed E-state index contributed by atoms with van der Waals surface area (Å²) < 4.78 is 5.08. The van der Waals surface area contributed by atoms with E-state index < -0.39 is 5.60 Å². The number of carbonyl (C=O) groups excluding carboxylic acids is 1. The van der Waals surface area contributed by atoms with Crippen LogP contribution in [0.1, 0.15) is 33.1 Å². The molecular weight excluding hydrogens is 194 g/mol. The number of β-amino-alcohol motifs (C(OH)–C–C–N with tert-alkyl or cyclic N) is 1. The summed E-state index contributed by atoms with van der Waals surface area (Å²) in [6, 6.07) is 0. The number of hydrogen-bond donors (Lipinski definition) is 1. The zero-order valence-corrected chi connectivity index (χ0v) is 9.82. The first-order valence-corrected chi connectivity index (χ1v) is 5.47. The molecule has 1 saturated heterocycles. The molecule has 4 nitrogen and oxygen atoms in total. The van der Waals surface area contributed by atoms with Crippen molar-refractivity contribution in [2.24, 2.45) is 0 Å². The molecule has 1 rings (SSSR count). The molecule has 0 radical (unpaired) electrons. The molecule has 1 aliphatic rings. The van der Waals surface area contributed by atoms with E-state index >= 15 is 0 Å². The van der Waals surface area contributed by atoms with Gasteiger partial charge in [-0.3, -0.25) is 4.79 Å². The lowest BCUT2D eigenvalue weighted by atomic mass is 10.1. The van der Waals surface area contributed by atoms with Gasteiger partial charge in [0, 0.05) is 26.6 Å². The second-order valence-electron chi connectivity index (χ2n) is 4.65. The number of aliphatic hydroxyl groups is 1. The Kier molecular flexibility index (Phi) is 4.11. The molecule has 15 heavy (non-hydrogen) atoms. The minimum atomic E-state index is -0.692. The van der Waals surface area contributed by atoms with Crippen molar-refractivity contribution in [3.8, 4) is 0 Å². The normalized spacial score (nSPS) is 28.1. The van der Waals surface area contributed by atoms with Crippen LogP contribution in [0.4, 0.5) is 0 Å². The Morgan fingerprint density at radius 2 is 2.33 bits per heavy atom. The Hall–Kier alpha value is -0.610. The summed E-state index contributed by atoms with van der Waals surface area (Å²) in [6.07, 6.45) is 2.05. The zero-order chi connectivity index (χ0) is 11.5. The fourth-order valence-electron chi connectivity index (χ4n) is 1.76. The van der Waals surface area contributed by atoms with Gasteiger partial charge in [-0.1, -0.05) is 0 Å². The van der Waals surface area contributed by atoms with Crippen LogP contribution < -0.4 is 0 Å². The van der Waals surface area contributed by atoms with E-state index in [2.05, 4.69) is 0 Å². The molecule has 0 aliphatic carbocycles. The summed E-state index contributed by atoms with van der Waals surface area (Å²) in [5, 5.41) is 9.72. The molecule has 0 spiro atoms. The maximum absolute atomic E-state index is 11.7. The van der Waals surface area contributed by atoms with Gasteiger partial charge in [0.25, 0.3) is 0 Å². The van der Waals surface area contributed by atoms with Gasteiger partial charge in [0.1, 0.15) is 0 Å². The smallest absolute Gasteiger partial charge is 0.222 e. The van der Waals surface area contributed by atoms with Gasteiger partial charge in [-0.05, 0) is 26.7 Å². The molecule has 1 N–H and O–H groups in total. The lowest BCUT2D eigenvalue weighted by Gasteiger charge is -2.19. The van der Waals surface area contributed by atoms with Gasteiger partial charge in [0.15, 0.2) is 0 Å². The maximum Gasteiger partial charge on any atom is 0.222 e. The first-order valence-electron chi connectivity index (χ1n) is 5.47. The van der Waals surface area contributed by atoms with Crippen molar-refractivity contribution in [1.29, 1.82) is 0 Å². The first kappa shape index (κ1) is 12.5. The van der Waals surface area contributed by atoms with Crippen LogP contribution in [0.15, 0.2) is 0 Å². The standard InChI is InChI=1S/C11H21NO3/c1-9(15-3)4-5-10(13)12-7-6-11(2,14)8-12/h9,14H,4-8H2,1-3H3. The first-order chi connectivity index (χ1) is 6.94. The van der Waals surface area contributed by atoms with Crippen LogP contribution in [-0.4, -0.2) is 47.8 Å². The summed E-state index contributed by atoms with van der Waals surface area (Å²) in [5.41, 5.74) is -0.692. The number of carbonyl (C=O) groups is 1. The third kappa shape index (κ3) is 3.80. The number of methoxy groups -OCH3 is 1. The van der Waals surface area contributed by atoms with E-state index in [1.165, 1.54) is 0 Å². The number of amides is 1. The van der Waals surface area contributed by atoms with Gasteiger partial charge in [-0.2, -0.15) is 0 Å². The highest BCUT2D eigenvalue weighted by Crippen LogP contribution is 2.21. The Balaban J connectivity index is 2.30. The number of likely N-dealkylation sites (tertiary alicyclic amines) is 1. The van der Waals surface area contributed by atoms with Crippen LogP contribution in [0.3, 0.4) is 0 Å². The van der Waals surface area contributed by atoms with E-state index in [1.807, 2.05) is 6.92 Å². The van der Waals surface area contributed by atoms with Crippen LogP contribution in [0.5, 0.6) is 0 Å². The van der Waals surface area contributed by atoms with E-state index in [0.29, 0.717) is 25.9 Å². The lowest BCUT2D eigenvalue weighted by molar-refractivity contribution is -0.131. The Morgan fingerprint density at radius 3 is 2.80 bits per heavy atom. The molecule has 0 aromatic heterocycles. The van der Waals surface area contributed by atoms with E-state index in [-0.39, 0.29) is 12.0 Å². The van der Waals surface area contributed by atoms with Crippen LogP contribution in [0.2, 0.25) is 0 Å². The molecule has 0 aromatic carbocycles. The van der Waals surface area contributed by atoms with Gasteiger partial charge in [0.05, 0.1) is 11.7 Å². The van der Waals surface area contributed by atoms with E-state index in [9.17, 15) is 9.90 Å². The molecule has 2 atom stereocenters. The quantitative estimate of drug-likeness (QED) is 0.754. The lowest BCUT2D eigenvalue weighted by Crippen LogP contribution is -2.34. The average Bonchev–Trinajstić information content (AvgIpc) is 2.54. The van der Waals surface area contributed by atoms with Crippen molar-refractivity contribution < 1.29 is 14.6 Å². The summed E-state index contributed by atoms with van der Waals surface area (Å²) >= 11 is 0. The average molecular weight is 215 g/mol. The summed E-state index contributed by atoms with van der Waals surface area (Å²) in [6.45, 7) is 4.87. The fraction of sp³-hybridized carbons (Fsp3) is 0.909. The van der Waals surface area contributed by atoms with Gasteiger partial charge in [0.2, 0.25) is 5.91 Å². The molecule has 0 bridgehead atoms. The van der Waals surface area contributed by atoms with E-state index in [4.69, 9.17) is 4.74 Å². The molecule has 1 amide bonds. The van der Waals surface area contributed by atoms with Gasteiger partial charge >= 0.3 is 0 Å². The monoisotopic (exact) mass is 215 g/mol. The molecule has 88 valence electrons. The van der Waals surface area contributed by atoms with Crippen molar-refractivity contribution in [3.05, 3.63) is 0 Å². The number of ether oxygens (including phenoxy) is 1. The van der Waals surface area contributed by atoms with Gasteiger partial charge in [-0.25, -0.2) is 0 Å². The van der Waals surface area contributed by atoms with Crippen molar-refractivity contribution in [2.45, 2.75) is 44.8 Å². The Labute approximate surface area is 91.2 Å². The predicted molar refractivity (Wildman–Crippen MR) is 57.5 cm³/mol. The fourth-order valence-corrected chi connectivity index (χ4v) is 1.76. The summed E-state index contributed by atoms with van der Waals surface area (Å²) in [5.74, 6) is 0.122. The van der Waals surface area contributed by atoms with Crippen molar-refractivity contribution >= 4 is 5.91 Å². The van der Waals surface area contributed by atoms with Crippen molar-refractivity contribution in [3.63, 3.8) is 0 Å². The molecule has 4 heteroatoms. The molecule has 1 fully saturated rings. The number of nitrogens with zero attached hydrogens (tertiary/aromatic N) is 1. The van der Waals surface area contributed by atoms with Crippen LogP contribution >= 0.6 is 0 Å². The van der Waals surface area contributed by atoms with E-state index in [0.717, 1.165) is 6.42 Å². The van der Waals surface area contributed by atoms with Crippen molar-refractivity contribution in [1.82, 2.24) is 4.90 Å². The highest BCUT2D eigenvalue weighted by Gasteiger charge is 2.33. The third-order valence-electron chi connectivity index (χ3n) is 2.97. The minimum Gasteiger partial charge on any atom is -0.388 e. The van der Waals surface area contributed by atoms with Crippen LogP contribution in [0.25, 0.3) is 0 Å². The predicted octanol–water partition coefficient (Wildman–Crippen LogP) is 0.785. The molecule has 0 aromatic rings. The Morgan fingerprint density at radius 1 is 1.67 bits per heavy atom. The molecule has 0 saturated carbocycles. The van der Waals surface area contributed by atoms with Crippen LogP contribution in [0, 0.1) is 0 Å². The second-order valence-corrected chi connectivity index (χ2v) is 4.65. The highest BCUT2D eigenvalue weighted by molar-refractivity contribution is 5.76. The Bertz CT molecular complexity index is 228. The van der Waals surface area contributed by atoms with Gasteiger partial charge < -0.3 is 14.7 Å². The maximum atomic E-state index is 11.7. The minimum absolute atomic E-state index is 0.122. The third-order valence-corrected chi connectivity index (χ3v) is 2.97. The number of hydrogen-bond acceptors (Lipinski definition) is 3. The topological polar surface area (TPSA) is 49.8 Å².